The Labute approximate surface area is 152 Å². The van der Waals surface area contributed by atoms with Crippen molar-refractivity contribution in [1.29, 1.82) is 0 Å². The normalized spacial score (nSPS) is 14.2. The lowest BCUT2D eigenvalue weighted by Crippen LogP contribution is -2.14. The second-order valence-electron chi connectivity index (χ2n) is 5.76. The van der Waals surface area contributed by atoms with Gasteiger partial charge in [0.2, 0.25) is 0 Å². The molecule has 1 aromatic carbocycles. The summed E-state index contributed by atoms with van der Waals surface area (Å²) in [6.07, 6.45) is 6.76. The fourth-order valence-corrected chi connectivity index (χ4v) is 2.56. The molecule has 1 aliphatic rings. The number of nitrogens with one attached hydrogen (secondary N) is 1. The highest BCUT2D eigenvalue weighted by Crippen LogP contribution is 2.27. The van der Waals surface area contributed by atoms with Crippen LogP contribution in [0.5, 0.6) is 5.75 Å². The van der Waals surface area contributed by atoms with Crippen molar-refractivity contribution in [3.05, 3.63) is 29.3 Å². The van der Waals surface area contributed by atoms with E-state index >= 15 is 0 Å². The van der Waals surface area contributed by atoms with Crippen LogP contribution in [-0.2, 0) is 0 Å². The zero-order chi connectivity index (χ0) is 19.0. The summed E-state index contributed by atoms with van der Waals surface area (Å²) in [5.41, 5.74) is 2.66. The largest absolute Gasteiger partial charge is 0.490 e. The first-order valence-electron chi connectivity index (χ1n) is 10.1. The lowest BCUT2D eigenvalue weighted by molar-refractivity contribution is 0.210. The molecule has 0 saturated heterocycles. The van der Waals surface area contributed by atoms with Crippen molar-refractivity contribution >= 4 is 0 Å². The molecule has 0 spiro atoms. The van der Waals surface area contributed by atoms with E-state index in [1.807, 2.05) is 34.7 Å². The van der Waals surface area contributed by atoms with Crippen molar-refractivity contribution in [2.75, 3.05) is 7.05 Å². The predicted octanol–water partition coefficient (Wildman–Crippen LogP) is 7.07. The van der Waals surface area contributed by atoms with E-state index in [1.54, 1.807) is 0 Å². The van der Waals surface area contributed by atoms with Gasteiger partial charge in [0.1, 0.15) is 5.75 Å². The molecule has 1 unspecified atom stereocenters. The summed E-state index contributed by atoms with van der Waals surface area (Å²) in [4.78, 5) is 0. The summed E-state index contributed by atoms with van der Waals surface area (Å²) in [7, 11) is 1.99. The summed E-state index contributed by atoms with van der Waals surface area (Å²) in [5.74, 6) is 1.03. The Bertz CT molecular complexity index is 384. The highest BCUT2D eigenvalue weighted by molar-refractivity contribution is 5.36. The molecule has 2 heteroatoms. The molecule has 0 amide bonds. The minimum atomic E-state index is 0.399. The maximum absolute atomic E-state index is 6.00. The standard InChI is InChI=1S/C15H23NO.C3H8.2C2H6/c1-11-10-14(17-13-6-4-5-7-13)8-9-15(11)12(2)16-3;1-3-2;2*1-2/h8-10,12-13,16H,4-7H2,1-3H3;3H2,1-2H3;2*1-2H3. The average molecular weight is 338 g/mol. The Kier molecular flexibility index (Phi) is 17.7. The third kappa shape index (κ3) is 9.97. The van der Waals surface area contributed by atoms with Gasteiger partial charge in [0, 0.05) is 6.04 Å². The van der Waals surface area contributed by atoms with Gasteiger partial charge in [-0.15, -0.1) is 0 Å². The molecule has 142 valence electrons. The smallest absolute Gasteiger partial charge is 0.120 e. The van der Waals surface area contributed by atoms with Crippen molar-refractivity contribution in [3.63, 3.8) is 0 Å². The van der Waals surface area contributed by atoms with E-state index in [9.17, 15) is 0 Å². The number of rotatable bonds is 4. The Morgan fingerprint density at radius 2 is 1.58 bits per heavy atom. The van der Waals surface area contributed by atoms with Gasteiger partial charge >= 0.3 is 0 Å². The van der Waals surface area contributed by atoms with Crippen LogP contribution in [0, 0.1) is 6.92 Å². The zero-order valence-electron chi connectivity index (χ0n) is 17.8. The van der Waals surface area contributed by atoms with Gasteiger partial charge in [0.15, 0.2) is 0 Å². The number of ether oxygens (including phenoxy) is 1. The molecule has 0 radical (unpaired) electrons. The van der Waals surface area contributed by atoms with Crippen molar-refractivity contribution in [3.8, 4) is 5.75 Å². The van der Waals surface area contributed by atoms with Gasteiger partial charge in [-0.1, -0.05) is 54.0 Å². The van der Waals surface area contributed by atoms with Crippen LogP contribution in [0.2, 0.25) is 0 Å². The van der Waals surface area contributed by atoms with E-state index in [1.165, 1.54) is 43.2 Å². The molecule has 0 aromatic heterocycles. The summed E-state index contributed by atoms with van der Waals surface area (Å²) in [6, 6.07) is 6.85. The highest BCUT2D eigenvalue weighted by Gasteiger charge is 2.17. The maximum atomic E-state index is 6.00. The lowest BCUT2D eigenvalue weighted by atomic mass is 10.0. The van der Waals surface area contributed by atoms with E-state index in [-0.39, 0.29) is 0 Å². The van der Waals surface area contributed by atoms with Gasteiger partial charge in [0.25, 0.3) is 0 Å². The summed E-state index contributed by atoms with van der Waals surface area (Å²) in [6.45, 7) is 16.6. The van der Waals surface area contributed by atoms with E-state index in [0.29, 0.717) is 12.1 Å². The van der Waals surface area contributed by atoms with Crippen LogP contribution in [0.4, 0.5) is 0 Å². The molecule has 2 rings (SSSR count). The van der Waals surface area contributed by atoms with Crippen LogP contribution < -0.4 is 10.1 Å². The molecule has 0 bridgehead atoms. The molecule has 1 saturated carbocycles. The summed E-state index contributed by atoms with van der Waals surface area (Å²) < 4.78 is 6.00. The number of aryl methyl sites for hydroxylation is 1. The van der Waals surface area contributed by atoms with E-state index < -0.39 is 0 Å². The highest BCUT2D eigenvalue weighted by atomic mass is 16.5. The molecule has 1 N–H and O–H groups in total. The number of hydrogen-bond acceptors (Lipinski definition) is 2. The van der Waals surface area contributed by atoms with E-state index in [4.69, 9.17) is 4.74 Å². The van der Waals surface area contributed by atoms with Crippen LogP contribution in [0.1, 0.15) is 97.7 Å². The second kappa shape index (κ2) is 16.8. The van der Waals surface area contributed by atoms with Crippen molar-refractivity contribution < 1.29 is 4.74 Å². The van der Waals surface area contributed by atoms with Gasteiger partial charge in [0.05, 0.1) is 6.10 Å². The number of hydrogen-bond donors (Lipinski definition) is 1. The molecule has 1 atom stereocenters. The molecule has 1 aromatic rings. The molecular weight excluding hydrogens is 294 g/mol. The SMILES string of the molecule is CC.CC.CCC.CNC(C)c1ccc(OC2CCCC2)cc1C. The average Bonchev–Trinajstić information content (AvgIpc) is 3.12. The summed E-state index contributed by atoms with van der Waals surface area (Å²) in [5, 5.41) is 3.27. The van der Waals surface area contributed by atoms with Gasteiger partial charge < -0.3 is 10.1 Å². The van der Waals surface area contributed by atoms with Crippen LogP contribution in [0.15, 0.2) is 18.2 Å². The minimum absolute atomic E-state index is 0.399. The quantitative estimate of drug-likeness (QED) is 0.634. The topological polar surface area (TPSA) is 21.3 Å². The molecule has 0 aliphatic heterocycles. The van der Waals surface area contributed by atoms with Gasteiger partial charge in [-0.25, -0.2) is 0 Å². The maximum Gasteiger partial charge on any atom is 0.120 e. The molecule has 2 nitrogen and oxygen atoms in total. The molecular formula is C22H43NO. The third-order valence-corrected chi connectivity index (χ3v) is 3.75. The Balaban J connectivity index is 0. The van der Waals surface area contributed by atoms with Crippen molar-refractivity contribution in [2.45, 2.75) is 99.6 Å². The van der Waals surface area contributed by atoms with Crippen molar-refractivity contribution in [2.24, 2.45) is 0 Å². The Morgan fingerprint density at radius 1 is 1.08 bits per heavy atom. The Hall–Kier alpha value is -1.02. The predicted molar refractivity (Wildman–Crippen MR) is 110 cm³/mol. The van der Waals surface area contributed by atoms with Crippen LogP contribution >= 0.6 is 0 Å². The van der Waals surface area contributed by atoms with Gasteiger partial charge in [-0.05, 0) is 69.8 Å². The fourth-order valence-electron chi connectivity index (χ4n) is 2.56. The summed E-state index contributed by atoms with van der Waals surface area (Å²) >= 11 is 0. The molecule has 0 heterocycles. The monoisotopic (exact) mass is 337 g/mol. The lowest BCUT2D eigenvalue weighted by Gasteiger charge is -2.17. The molecule has 1 aliphatic carbocycles. The first-order valence-corrected chi connectivity index (χ1v) is 10.1. The minimum Gasteiger partial charge on any atom is -0.490 e. The number of benzene rings is 1. The molecule has 1 fully saturated rings. The van der Waals surface area contributed by atoms with Crippen LogP contribution in [0.3, 0.4) is 0 Å². The second-order valence-corrected chi connectivity index (χ2v) is 5.76. The Morgan fingerprint density at radius 3 is 2.00 bits per heavy atom. The van der Waals surface area contributed by atoms with E-state index in [2.05, 4.69) is 51.2 Å². The third-order valence-electron chi connectivity index (χ3n) is 3.75. The first kappa shape index (κ1) is 25.2. The van der Waals surface area contributed by atoms with Gasteiger partial charge in [-0.2, -0.15) is 0 Å². The fraction of sp³-hybridized carbons (Fsp3) is 0.727. The first-order chi connectivity index (χ1) is 11.6. The zero-order valence-corrected chi connectivity index (χ0v) is 17.8. The van der Waals surface area contributed by atoms with Gasteiger partial charge in [-0.3, -0.25) is 0 Å². The van der Waals surface area contributed by atoms with E-state index in [0.717, 1.165) is 5.75 Å². The van der Waals surface area contributed by atoms with Crippen LogP contribution in [0.25, 0.3) is 0 Å². The molecule has 24 heavy (non-hydrogen) atoms. The van der Waals surface area contributed by atoms with Crippen molar-refractivity contribution in [1.82, 2.24) is 5.32 Å². The van der Waals surface area contributed by atoms with Crippen LogP contribution in [-0.4, -0.2) is 13.2 Å².